The summed E-state index contributed by atoms with van der Waals surface area (Å²) in [6.45, 7) is 2.00. The van der Waals surface area contributed by atoms with Crippen molar-refractivity contribution >= 4 is 29.4 Å². The zero-order valence-electron chi connectivity index (χ0n) is 7.50. The highest BCUT2D eigenvalue weighted by atomic mass is 127. The van der Waals surface area contributed by atoms with Gasteiger partial charge in [-0.2, -0.15) is 0 Å². The van der Waals surface area contributed by atoms with E-state index >= 15 is 0 Å². The van der Waals surface area contributed by atoms with E-state index in [4.69, 9.17) is 4.79 Å². The predicted molar refractivity (Wildman–Crippen MR) is 62.9 cm³/mol. The highest BCUT2D eigenvalue weighted by Gasteiger charge is 2.20. The van der Waals surface area contributed by atoms with Gasteiger partial charge in [0.2, 0.25) is 0 Å². The van der Waals surface area contributed by atoms with Gasteiger partial charge >= 0.3 is 0 Å². The van der Waals surface area contributed by atoms with E-state index in [1.807, 2.05) is 6.79 Å². The standard InChI is InChI=1S/C10H11I.CH2O/c11-10-7-2-1-6-9(10)8-4-3-5-8;1-2/h1-2,6-8H,3-5H2;1H2. The number of hydrogen-bond donors (Lipinski definition) is 0. The summed E-state index contributed by atoms with van der Waals surface area (Å²) in [6.07, 6.45) is 4.23. The van der Waals surface area contributed by atoms with Crippen molar-refractivity contribution in [2.45, 2.75) is 25.2 Å². The fourth-order valence-corrected chi connectivity index (χ4v) is 2.35. The summed E-state index contributed by atoms with van der Waals surface area (Å²) >= 11 is 2.43. The number of rotatable bonds is 1. The molecule has 1 aromatic carbocycles. The van der Waals surface area contributed by atoms with Crippen LogP contribution in [0.25, 0.3) is 0 Å². The van der Waals surface area contributed by atoms with E-state index in [2.05, 4.69) is 46.9 Å². The Morgan fingerprint density at radius 2 is 1.85 bits per heavy atom. The highest BCUT2D eigenvalue weighted by Crippen LogP contribution is 2.38. The molecule has 13 heavy (non-hydrogen) atoms. The number of halogens is 1. The van der Waals surface area contributed by atoms with Crippen LogP contribution in [0.4, 0.5) is 0 Å². The van der Waals surface area contributed by atoms with E-state index in [-0.39, 0.29) is 0 Å². The summed E-state index contributed by atoms with van der Waals surface area (Å²) in [6, 6.07) is 8.74. The fourth-order valence-electron chi connectivity index (χ4n) is 1.53. The second-order valence-corrected chi connectivity index (χ2v) is 4.31. The van der Waals surface area contributed by atoms with Gasteiger partial charge in [-0.05, 0) is 53.0 Å². The maximum atomic E-state index is 8.00. The number of hydrogen-bond acceptors (Lipinski definition) is 1. The smallest absolute Gasteiger partial charge is 0.106 e. The van der Waals surface area contributed by atoms with Crippen LogP contribution in [0, 0.1) is 3.57 Å². The molecule has 1 aliphatic rings. The first-order valence-electron chi connectivity index (χ1n) is 4.41. The highest BCUT2D eigenvalue weighted by molar-refractivity contribution is 14.1. The van der Waals surface area contributed by atoms with Gasteiger partial charge in [0, 0.05) is 3.57 Å². The van der Waals surface area contributed by atoms with Crippen molar-refractivity contribution < 1.29 is 4.79 Å². The minimum absolute atomic E-state index is 0.878. The summed E-state index contributed by atoms with van der Waals surface area (Å²) in [5, 5.41) is 0. The molecule has 0 spiro atoms. The van der Waals surface area contributed by atoms with Crippen molar-refractivity contribution in [3.63, 3.8) is 0 Å². The Labute approximate surface area is 92.7 Å². The van der Waals surface area contributed by atoms with Crippen molar-refractivity contribution in [1.82, 2.24) is 0 Å². The average Bonchev–Trinajstić information content (AvgIpc) is 2.09. The first kappa shape index (κ1) is 10.7. The average molecular weight is 288 g/mol. The quantitative estimate of drug-likeness (QED) is 0.724. The van der Waals surface area contributed by atoms with E-state index in [0.29, 0.717) is 0 Å². The van der Waals surface area contributed by atoms with Gasteiger partial charge in [-0.25, -0.2) is 0 Å². The van der Waals surface area contributed by atoms with Gasteiger partial charge in [-0.15, -0.1) is 0 Å². The SMILES string of the molecule is C=O.Ic1ccccc1C1CCC1. The lowest BCUT2D eigenvalue weighted by atomic mass is 9.80. The topological polar surface area (TPSA) is 17.1 Å². The Kier molecular flexibility index (Phi) is 4.42. The Hall–Kier alpha value is -0.380. The van der Waals surface area contributed by atoms with Crippen LogP contribution >= 0.6 is 22.6 Å². The molecule has 0 heterocycles. The first-order valence-corrected chi connectivity index (χ1v) is 5.49. The molecule has 1 aliphatic carbocycles. The maximum absolute atomic E-state index is 8.00. The summed E-state index contributed by atoms with van der Waals surface area (Å²) in [5.74, 6) is 0.878. The number of carbonyl (C=O) groups is 1. The zero-order chi connectivity index (χ0) is 9.68. The van der Waals surface area contributed by atoms with Gasteiger partial charge in [0.1, 0.15) is 6.79 Å². The Morgan fingerprint density at radius 1 is 1.23 bits per heavy atom. The maximum Gasteiger partial charge on any atom is 0.106 e. The van der Waals surface area contributed by atoms with E-state index in [9.17, 15) is 0 Å². The monoisotopic (exact) mass is 288 g/mol. The largest absolute Gasteiger partial charge is 0.307 e. The van der Waals surface area contributed by atoms with E-state index in [0.717, 1.165) is 5.92 Å². The third-order valence-corrected chi connectivity index (χ3v) is 3.43. The Morgan fingerprint density at radius 3 is 2.31 bits per heavy atom. The molecule has 1 aromatic rings. The molecule has 1 fully saturated rings. The molecule has 1 saturated carbocycles. The predicted octanol–water partition coefficient (Wildman–Crippen LogP) is 3.37. The second kappa shape index (κ2) is 5.37. The van der Waals surface area contributed by atoms with Gasteiger partial charge in [-0.3, -0.25) is 0 Å². The third kappa shape index (κ3) is 2.53. The summed E-state index contributed by atoms with van der Waals surface area (Å²) in [7, 11) is 0. The molecule has 0 radical (unpaired) electrons. The normalized spacial score (nSPS) is 15.5. The molecule has 0 N–H and O–H groups in total. The molecule has 0 bridgehead atoms. The van der Waals surface area contributed by atoms with E-state index in [1.54, 1.807) is 5.56 Å². The summed E-state index contributed by atoms with van der Waals surface area (Å²) in [5.41, 5.74) is 1.57. The van der Waals surface area contributed by atoms with Crippen molar-refractivity contribution in [1.29, 1.82) is 0 Å². The molecular formula is C11H13IO. The van der Waals surface area contributed by atoms with Gasteiger partial charge in [0.05, 0.1) is 0 Å². The zero-order valence-corrected chi connectivity index (χ0v) is 9.66. The molecular weight excluding hydrogens is 275 g/mol. The van der Waals surface area contributed by atoms with Crippen LogP contribution in [0.5, 0.6) is 0 Å². The van der Waals surface area contributed by atoms with E-state index < -0.39 is 0 Å². The Balaban J connectivity index is 0.000000396. The van der Waals surface area contributed by atoms with E-state index in [1.165, 1.54) is 22.8 Å². The van der Waals surface area contributed by atoms with Crippen LogP contribution in [0.3, 0.4) is 0 Å². The second-order valence-electron chi connectivity index (χ2n) is 3.15. The van der Waals surface area contributed by atoms with Gasteiger partial charge < -0.3 is 4.79 Å². The molecule has 0 saturated heterocycles. The van der Waals surface area contributed by atoms with Gasteiger partial charge in [-0.1, -0.05) is 24.6 Å². The molecule has 0 unspecified atom stereocenters. The third-order valence-electron chi connectivity index (χ3n) is 2.45. The van der Waals surface area contributed by atoms with Crippen molar-refractivity contribution in [2.24, 2.45) is 0 Å². The van der Waals surface area contributed by atoms with Crippen LogP contribution in [-0.4, -0.2) is 6.79 Å². The lowest BCUT2D eigenvalue weighted by molar-refractivity contribution is -0.0979. The number of benzene rings is 1. The number of carbonyl (C=O) groups excluding carboxylic acids is 1. The molecule has 1 nitrogen and oxygen atoms in total. The molecule has 0 aliphatic heterocycles. The summed E-state index contributed by atoms with van der Waals surface area (Å²) < 4.78 is 1.44. The van der Waals surface area contributed by atoms with Crippen molar-refractivity contribution in [3.05, 3.63) is 33.4 Å². The van der Waals surface area contributed by atoms with Crippen molar-refractivity contribution in [3.8, 4) is 0 Å². The van der Waals surface area contributed by atoms with Crippen LogP contribution in [0.1, 0.15) is 30.7 Å². The van der Waals surface area contributed by atoms with Gasteiger partial charge in [0.15, 0.2) is 0 Å². The molecule has 0 atom stereocenters. The Bertz CT molecular complexity index is 269. The molecule has 2 rings (SSSR count). The molecule has 0 amide bonds. The van der Waals surface area contributed by atoms with Crippen molar-refractivity contribution in [2.75, 3.05) is 0 Å². The van der Waals surface area contributed by atoms with Crippen LogP contribution in [-0.2, 0) is 4.79 Å². The van der Waals surface area contributed by atoms with Crippen LogP contribution in [0.15, 0.2) is 24.3 Å². The fraction of sp³-hybridized carbons (Fsp3) is 0.364. The van der Waals surface area contributed by atoms with Crippen LogP contribution in [0.2, 0.25) is 0 Å². The minimum Gasteiger partial charge on any atom is -0.307 e. The molecule has 70 valence electrons. The molecule has 2 heteroatoms. The summed E-state index contributed by atoms with van der Waals surface area (Å²) in [4.78, 5) is 8.00. The minimum atomic E-state index is 0.878. The van der Waals surface area contributed by atoms with Gasteiger partial charge in [0.25, 0.3) is 0 Å². The lowest BCUT2D eigenvalue weighted by Crippen LogP contribution is -2.09. The van der Waals surface area contributed by atoms with Crippen LogP contribution < -0.4 is 0 Å². The first-order chi connectivity index (χ1) is 6.38. The molecule has 0 aromatic heterocycles. The lowest BCUT2D eigenvalue weighted by Gasteiger charge is -2.26.